The topological polar surface area (TPSA) is 18.5 Å². The highest BCUT2D eigenvalue weighted by molar-refractivity contribution is 7.99. The van der Waals surface area contributed by atoms with Crippen molar-refractivity contribution in [3.63, 3.8) is 0 Å². The zero-order valence-corrected chi connectivity index (χ0v) is 16.5. The average Bonchev–Trinajstić information content (AvgIpc) is 3.19. The lowest BCUT2D eigenvalue weighted by atomic mass is 9.93. The van der Waals surface area contributed by atoms with Crippen LogP contribution in [0.5, 0.6) is 11.5 Å². The van der Waals surface area contributed by atoms with Crippen LogP contribution in [-0.2, 0) is 6.61 Å². The van der Waals surface area contributed by atoms with E-state index in [-0.39, 0.29) is 0 Å². The van der Waals surface area contributed by atoms with Crippen molar-refractivity contribution in [2.45, 2.75) is 18.4 Å². The quantitative estimate of drug-likeness (QED) is 0.384. The van der Waals surface area contributed by atoms with E-state index in [0.717, 1.165) is 22.4 Å². The van der Waals surface area contributed by atoms with Gasteiger partial charge < -0.3 is 9.47 Å². The van der Waals surface area contributed by atoms with Gasteiger partial charge in [-0.1, -0.05) is 72.4 Å². The maximum Gasteiger partial charge on any atom is 0.138 e. The molecule has 0 amide bonds. The van der Waals surface area contributed by atoms with E-state index in [0.29, 0.717) is 12.5 Å². The molecule has 138 valence electrons. The van der Waals surface area contributed by atoms with Crippen molar-refractivity contribution in [2.75, 3.05) is 5.94 Å². The van der Waals surface area contributed by atoms with Crippen molar-refractivity contribution in [3.05, 3.63) is 90.0 Å². The van der Waals surface area contributed by atoms with Gasteiger partial charge in [0, 0.05) is 5.39 Å². The van der Waals surface area contributed by atoms with Gasteiger partial charge in [0.1, 0.15) is 24.0 Å². The molecule has 0 radical (unpaired) electrons. The summed E-state index contributed by atoms with van der Waals surface area (Å²) >= 11 is 1.75. The van der Waals surface area contributed by atoms with Gasteiger partial charge in [0.2, 0.25) is 0 Å². The van der Waals surface area contributed by atoms with Crippen LogP contribution in [0.4, 0.5) is 0 Å². The highest BCUT2D eigenvalue weighted by atomic mass is 32.2. The predicted octanol–water partition coefficient (Wildman–Crippen LogP) is 6.84. The number of hydrogen-bond donors (Lipinski definition) is 0. The smallest absolute Gasteiger partial charge is 0.138 e. The molecule has 4 aromatic rings. The summed E-state index contributed by atoms with van der Waals surface area (Å²) in [6, 6.07) is 27.4. The molecule has 1 aliphatic heterocycles. The molecule has 0 aromatic heterocycles. The second-order valence-electron chi connectivity index (χ2n) is 6.96. The van der Waals surface area contributed by atoms with Crippen LogP contribution in [0.2, 0.25) is 0 Å². The van der Waals surface area contributed by atoms with E-state index in [4.69, 9.17) is 9.47 Å². The number of ether oxygens (including phenoxy) is 2. The third-order valence-corrected chi connectivity index (χ3v) is 5.95. The third-order valence-electron chi connectivity index (χ3n) is 5.09. The van der Waals surface area contributed by atoms with E-state index in [1.165, 1.54) is 27.0 Å². The van der Waals surface area contributed by atoms with E-state index in [2.05, 4.69) is 67.6 Å². The Morgan fingerprint density at radius 3 is 2.43 bits per heavy atom. The van der Waals surface area contributed by atoms with Gasteiger partial charge in [-0.3, -0.25) is 0 Å². The molecule has 5 rings (SSSR count). The van der Waals surface area contributed by atoms with Crippen LogP contribution in [0.1, 0.15) is 11.1 Å². The minimum Gasteiger partial charge on any atom is -0.488 e. The Bertz CT molecular complexity index is 1140. The number of benzene rings is 4. The van der Waals surface area contributed by atoms with E-state index in [9.17, 15) is 0 Å². The van der Waals surface area contributed by atoms with E-state index in [1.54, 1.807) is 11.8 Å². The van der Waals surface area contributed by atoms with Gasteiger partial charge in [0.15, 0.2) is 0 Å². The summed E-state index contributed by atoms with van der Waals surface area (Å²) in [6.07, 6.45) is 0. The Hall–Kier alpha value is -2.91. The third kappa shape index (κ3) is 3.12. The zero-order valence-electron chi connectivity index (χ0n) is 15.6. The fourth-order valence-electron chi connectivity index (χ4n) is 3.75. The molecular weight excluding hydrogens is 364 g/mol. The fourth-order valence-corrected chi connectivity index (χ4v) is 4.53. The molecule has 0 saturated heterocycles. The molecule has 0 bridgehead atoms. The first-order chi connectivity index (χ1) is 13.8. The lowest BCUT2D eigenvalue weighted by Gasteiger charge is -2.17. The molecule has 1 heterocycles. The summed E-state index contributed by atoms with van der Waals surface area (Å²) < 4.78 is 12.1. The molecule has 1 aliphatic rings. The van der Waals surface area contributed by atoms with Gasteiger partial charge >= 0.3 is 0 Å². The fraction of sp³-hybridized carbons (Fsp3) is 0.120. The molecule has 2 nitrogen and oxygen atoms in total. The van der Waals surface area contributed by atoms with Crippen molar-refractivity contribution in [1.82, 2.24) is 0 Å². The molecule has 28 heavy (non-hydrogen) atoms. The summed E-state index contributed by atoms with van der Waals surface area (Å²) in [7, 11) is 0. The Balaban J connectivity index is 1.67. The summed E-state index contributed by atoms with van der Waals surface area (Å²) in [5, 5.41) is 2.31. The van der Waals surface area contributed by atoms with Crippen molar-refractivity contribution >= 4 is 22.5 Å². The standard InChI is InChI=1S/C25H20O2S/c1-17-12-22(26-15-18-8-4-2-5-9-18)20-13-23-24(28-16-27-23)14-21(20)25(17)19-10-6-3-7-11-19/h2-14H,15-16H2,1H3. The summed E-state index contributed by atoms with van der Waals surface area (Å²) in [6.45, 7) is 2.71. The molecule has 3 heteroatoms. The molecule has 0 atom stereocenters. The maximum absolute atomic E-state index is 6.27. The van der Waals surface area contributed by atoms with Crippen molar-refractivity contribution < 1.29 is 9.47 Å². The molecule has 0 saturated carbocycles. The van der Waals surface area contributed by atoms with Gasteiger partial charge in [0.05, 0.1) is 4.90 Å². The minimum absolute atomic E-state index is 0.548. The second-order valence-corrected chi connectivity index (χ2v) is 7.92. The number of thioether (sulfide) groups is 1. The van der Waals surface area contributed by atoms with Gasteiger partial charge in [-0.05, 0) is 52.8 Å². The molecule has 0 spiro atoms. The van der Waals surface area contributed by atoms with Gasteiger partial charge in [0.25, 0.3) is 0 Å². The predicted molar refractivity (Wildman–Crippen MR) is 116 cm³/mol. The van der Waals surface area contributed by atoms with Crippen LogP contribution in [0.3, 0.4) is 0 Å². The normalized spacial score (nSPS) is 12.6. The molecule has 0 aliphatic carbocycles. The SMILES string of the molecule is Cc1cc(OCc2ccccc2)c2cc3c(cc2c1-c1ccccc1)SCO3. The Kier molecular flexibility index (Phi) is 4.46. The highest BCUT2D eigenvalue weighted by Crippen LogP contribution is 2.45. The summed E-state index contributed by atoms with van der Waals surface area (Å²) in [5.41, 5.74) is 4.86. The van der Waals surface area contributed by atoms with Crippen LogP contribution in [-0.4, -0.2) is 5.94 Å². The Morgan fingerprint density at radius 1 is 0.893 bits per heavy atom. The second kappa shape index (κ2) is 7.25. The van der Waals surface area contributed by atoms with Crippen LogP contribution in [0.25, 0.3) is 21.9 Å². The van der Waals surface area contributed by atoms with E-state index >= 15 is 0 Å². The zero-order chi connectivity index (χ0) is 18.9. The van der Waals surface area contributed by atoms with Gasteiger partial charge in [-0.15, -0.1) is 0 Å². The van der Waals surface area contributed by atoms with Crippen molar-refractivity contribution in [3.8, 4) is 22.6 Å². The summed E-state index contributed by atoms with van der Waals surface area (Å²) in [4.78, 5) is 1.20. The number of aryl methyl sites for hydroxylation is 1. The first-order valence-corrected chi connectivity index (χ1v) is 10.4. The largest absolute Gasteiger partial charge is 0.488 e. The van der Waals surface area contributed by atoms with Crippen LogP contribution in [0, 0.1) is 6.92 Å². The number of hydrogen-bond acceptors (Lipinski definition) is 3. The van der Waals surface area contributed by atoms with Crippen LogP contribution in [0.15, 0.2) is 83.8 Å². The lowest BCUT2D eigenvalue weighted by molar-refractivity contribution is 0.309. The Morgan fingerprint density at radius 2 is 1.64 bits per heavy atom. The highest BCUT2D eigenvalue weighted by Gasteiger charge is 2.19. The number of rotatable bonds is 4. The monoisotopic (exact) mass is 384 g/mol. The lowest BCUT2D eigenvalue weighted by Crippen LogP contribution is -1.98. The van der Waals surface area contributed by atoms with E-state index < -0.39 is 0 Å². The Labute approximate surface area is 169 Å². The van der Waals surface area contributed by atoms with Gasteiger partial charge in [-0.25, -0.2) is 0 Å². The summed E-state index contributed by atoms with van der Waals surface area (Å²) in [5.74, 6) is 2.52. The first kappa shape index (κ1) is 17.2. The average molecular weight is 385 g/mol. The molecule has 0 unspecified atom stereocenters. The molecule has 4 aromatic carbocycles. The molecule has 0 N–H and O–H groups in total. The number of fused-ring (bicyclic) bond motifs is 2. The van der Waals surface area contributed by atoms with Crippen molar-refractivity contribution in [1.29, 1.82) is 0 Å². The van der Waals surface area contributed by atoms with Crippen molar-refractivity contribution in [2.24, 2.45) is 0 Å². The molecule has 0 fully saturated rings. The minimum atomic E-state index is 0.548. The first-order valence-electron chi connectivity index (χ1n) is 9.39. The molecular formula is C25H20O2S. The van der Waals surface area contributed by atoms with E-state index in [1.807, 2.05) is 18.2 Å². The van der Waals surface area contributed by atoms with Gasteiger partial charge in [-0.2, -0.15) is 0 Å². The maximum atomic E-state index is 6.27. The van der Waals surface area contributed by atoms with Crippen LogP contribution < -0.4 is 9.47 Å². The van der Waals surface area contributed by atoms with Crippen LogP contribution >= 0.6 is 11.8 Å².